The Morgan fingerprint density at radius 3 is 2.81 bits per heavy atom. The number of likely N-dealkylation sites (N-methyl/N-ethyl adjacent to an activating group) is 1. The van der Waals surface area contributed by atoms with Crippen LogP contribution in [0.25, 0.3) is 0 Å². The maximum atomic E-state index is 13.6. The van der Waals surface area contributed by atoms with Gasteiger partial charge < -0.3 is 15.1 Å². The van der Waals surface area contributed by atoms with E-state index >= 15 is 0 Å². The van der Waals surface area contributed by atoms with Gasteiger partial charge in [-0.2, -0.15) is 0 Å². The minimum atomic E-state index is -0.152. The van der Waals surface area contributed by atoms with Gasteiger partial charge >= 0.3 is 0 Å². The minimum Gasteiger partial charge on any atom is -0.370 e. The summed E-state index contributed by atoms with van der Waals surface area (Å²) in [6, 6.07) is 6.16. The summed E-state index contributed by atoms with van der Waals surface area (Å²) in [5.41, 5.74) is 2.24. The van der Waals surface area contributed by atoms with Gasteiger partial charge in [-0.25, -0.2) is 4.39 Å². The number of nitrogens with one attached hydrogen (secondary N) is 1. The van der Waals surface area contributed by atoms with Crippen molar-refractivity contribution in [3.8, 4) is 0 Å². The lowest BCUT2D eigenvalue weighted by molar-refractivity contribution is 0.258. The van der Waals surface area contributed by atoms with Gasteiger partial charge in [0.05, 0.1) is 0 Å². The Labute approximate surface area is 128 Å². The molecule has 0 aromatic heterocycles. The van der Waals surface area contributed by atoms with Gasteiger partial charge in [-0.15, -0.1) is 0 Å². The lowest BCUT2D eigenvalue weighted by atomic mass is 10.0. The molecule has 1 aromatic rings. The molecule has 0 spiro atoms. The van der Waals surface area contributed by atoms with Crippen LogP contribution in [0.1, 0.15) is 32.3 Å². The first-order valence-corrected chi connectivity index (χ1v) is 7.90. The lowest BCUT2D eigenvalue weighted by Crippen LogP contribution is -2.45. The Morgan fingerprint density at radius 1 is 1.38 bits per heavy atom. The van der Waals surface area contributed by atoms with E-state index < -0.39 is 0 Å². The van der Waals surface area contributed by atoms with Crippen LogP contribution in [0.4, 0.5) is 10.1 Å². The van der Waals surface area contributed by atoms with Crippen LogP contribution in [0, 0.1) is 5.82 Å². The first-order chi connectivity index (χ1) is 9.97. The zero-order valence-electron chi connectivity index (χ0n) is 13.7. The summed E-state index contributed by atoms with van der Waals surface area (Å²) in [6.07, 6.45) is 2.43. The van der Waals surface area contributed by atoms with Crippen LogP contribution >= 0.6 is 0 Å². The Balaban J connectivity index is 2.17. The van der Waals surface area contributed by atoms with Crippen molar-refractivity contribution in [3.63, 3.8) is 0 Å². The maximum Gasteiger partial charge on any atom is 0.123 e. The van der Waals surface area contributed by atoms with Gasteiger partial charge in [-0.05, 0) is 50.7 Å². The van der Waals surface area contributed by atoms with Crippen molar-refractivity contribution in [3.05, 3.63) is 29.6 Å². The number of halogens is 1. The smallest absolute Gasteiger partial charge is 0.123 e. The topological polar surface area (TPSA) is 18.5 Å². The number of nitrogens with zero attached hydrogens (tertiary/aromatic N) is 2. The van der Waals surface area contributed by atoms with Crippen molar-refractivity contribution in [2.24, 2.45) is 0 Å². The monoisotopic (exact) mass is 293 g/mol. The Hall–Kier alpha value is -1.13. The Bertz CT molecular complexity index is 459. The predicted octanol–water partition coefficient (Wildman–Crippen LogP) is 2.85. The van der Waals surface area contributed by atoms with Crippen molar-refractivity contribution in [1.82, 2.24) is 10.2 Å². The van der Waals surface area contributed by atoms with Crippen LogP contribution in [-0.4, -0.2) is 44.2 Å². The van der Waals surface area contributed by atoms with Crippen LogP contribution < -0.4 is 10.2 Å². The number of rotatable bonds is 5. The SMILES string of the molecule is CC(C)NCc1cc(F)ccc1N1CCCC(N(C)C)C1. The number of hydrogen-bond donors (Lipinski definition) is 1. The summed E-state index contributed by atoms with van der Waals surface area (Å²) in [5, 5.41) is 3.40. The van der Waals surface area contributed by atoms with Crippen LogP contribution in [0.5, 0.6) is 0 Å². The summed E-state index contributed by atoms with van der Waals surface area (Å²) in [6.45, 7) is 7.02. The molecule has 3 nitrogen and oxygen atoms in total. The molecule has 1 saturated heterocycles. The average molecular weight is 293 g/mol. The molecule has 0 saturated carbocycles. The van der Waals surface area contributed by atoms with E-state index in [0.717, 1.165) is 18.7 Å². The molecule has 0 radical (unpaired) electrons. The van der Waals surface area contributed by atoms with E-state index in [1.165, 1.54) is 18.5 Å². The number of anilines is 1. The van der Waals surface area contributed by atoms with Gasteiger partial charge in [0.25, 0.3) is 0 Å². The third-order valence-electron chi connectivity index (χ3n) is 4.21. The third-order valence-corrected chi connectivity index (χ3v) is 4.21. The average Bonchev–Trinajstić information content (AvgIpc) is 2.45. The standard InChI is InChI=1S/C17H28FN3/c1-13(2)19-11-14-10-15(18)7-8-17(14)21-9-5-6-16(12-21)20(3)4/h7-8,10,13,16,19H,5-6,9,11-12H2,1-4H3. The fraction of sp³-hybridized carbons (Fsp3) is 0.647. The molecule has 1 unspecified atom stereocenters. The van der Waals surface area contributed by atoms with Crippen molar-refractivity contribution < 1.29 is 4.39 Å². The first kappa shape index (κ1) is 16.2. The molecular weight excluding hydrogens is 265 g/mol. The minimum absolute atomic E-state index is 0.152. The van der Waals surface area contributed by atoms with Gasteiger partial charge in [0.1, 0.15) is 5.82 Å². The lowest BCUT2D eigenvalue weighted by Gasteiger charge is -2.38. The molecule has 1 aliphatic rings. The number of benzene rings is 1. The second-order valence-corrected chi connectivity index (χ2v) is 6.51. The van der Waals surface area contributed by atoms with Gasteiger partial charge in [0.15, 0.2) is 0 Å². The van der Waals surface area contributed by atoms with Gasteiger partial charge in [0.2, 0.25) is 0 Å². The summed E-state index contributed by atoms with van der Waals surface area (Å²) >= 11 is 0. The van der Waals surface area contributed by atoms with Gasteiger partial charge in [-0.3, -0.25) is 0 Å². The molecule has 0 amide bonds. The molecule has 118 valence electrons. The molecule has 21 heavy (non-hydrogen) atoms. The van der Waals surface area contributed by atoms with E-state index in [-0.39, 0.29) is 5.82 Å². The fourth-order valence-electron chi connectivity index (χ4n) is 2.91. The highest BCUT2D eigenvalue weighted by Crippen LogP contribution is 2.26. The molecule has 1 fully saturated rings. The van der Waals surface area contributed by atoms with E-state index in [2.05, 4.69) is 43.1 Å². The van der Waals surface area contributed by atoms with Crippen LogP contribution in [-0.2, 0) is 6.54 Å². The zero-order valence-corrected chi connectivity index (χ0v) is 13.7. The van der Waals surface area contributed by atoms with E-state index in [9.17, 15) is 4.39 Å². The molecule has 0 bridgehead atoms. The quantitative estimate of drug-likeness (QED) is 0.900. The van der Waals surface area contributed by atoms with Gasteiger partial charge in [0, 0.05) is 37.4 Å². The molecular formula is C17H28FN3. The molecule has 1 aliphatic heterocycles. The highest BCUT2D eigenvalue weighted by atomic mass is 19.1. The van der Waals surface area contributed by atoms with Crippen molar-refractivity contribution in [1.29, 1.82) is 0 Å². The molecule has 1 heterocycles. The van der Waals surface area contributed by atoms with Crippen LogP contribution in [0.2, 0.25) is 0 Å². The second-order valence-electron chi connectivity index (χ2n) is 6.51. The predicted molar refractivity (Wildman–Crippen MR) is 87.3 cm³/mol. The fourth-order valence-corrected chi connectivity index (χ4v) is 2.91. The van der Waals surface area contributed by atoms with Crippen molar-refractivity contribution in [2.75, 3.05) is 32.1 Å². The maximum absolute atomic E-state index is 13.6. The summed E-state index contributed by atoms with van der Waals surface area (Å²) < 4.78 is 13.6. The second kappa shape index (κ2) is 7.23. The van der Waals surface area contributed by atoms with Crippen LogP contribution in [0.3, 0.4) is 0 Å². The highest BCUT2D eigenvalue weighted by molar-refractivity contribution is 5.54. The Morgan fingerprint density at radius 2 is 2.14 bits per heavy atom. The molecule has 1 aromatic carbocycles. The first-order valence-electron chi connectivity index (χ1n) is 7.90. The molecule has 2 rings (SSSR count). The van der Waals surface area contributed by atoms with E-state index in [1.54, 1.807) is 12.1 Å². The van der Waals surface area contributed by atoms with Crippen molar-refractivity contribution in [2.45, 2.75) is 45.3 Å². The van der Waals surface area contributed by atoms with E-state index in [0.29, 0.717) is 18.6 Å². The third kappa shape index (κ3) is 4.42. The molecule has 0 aliphatic carbocycles. The Kier molecular flexibility index (Phi) is 5.59. The molecule has 1 atom stereocenters. The van der Waals surface area contributed by atoms with E-state index in [1.807, 2.05) is 6.07 Å². The molecule has 1 N–H and O–H groups in total. The highest BCUT2D eigenvalue weighted by Gasteiger charge is 2.23. The van der Waals surface area contributed by atoms with Crippen molar-refractivity contribution >= 4 is 5.69 Å². The summed E-state index contributed by atoms with van der Waals surface area (Å²) in [5.74, 6) is -0.152. The number of hydrogen-bond acceptors (Lipinski definition) is 3. The largest absolute Gasteiger partial charge is 0.370 e. The van der Waals surface area contributed by atoms with Gasteiger partial charge in [-0.1, -0.05) is 13.8 Å². The number of piperidine rings is 1. The summed E-state index contributed by atoms with van der Waals surface area (Å²) in [4.78, 5) is 4.70. The normalized spacial score (nSPS) is 19.6. The van der Waals surface area contributed by atoms with E-state index in [4.69, 9.17) is 0 Å². The molecule has 4 heteroatoms. The summed E-state index contributed by atoms with van der Waals surface area (Å²) in [7, 11) is 4.28. The zero-order chi connectivity index (χ0) is 15.4. The van der Waals surface area contributed by atoms with Crippen LogP contribution in [0.15, 0.2) is 18.2 Å².